The quantitative estimate of drug-likeness (QED) is 0.790. The topological polar surface area (TPSA) is 57.9 Å². The number of rotatable bonds is 4. The molecule has 0 N–H and O–H groups in total. The molecule has 96 valence electrons. The Bertz CT molecular complexity index is 615. The van der Waals surface area contributed by atoms with E-state index in [1.165, 1.54) is 0 Å². The summed E-state index contributed by atoms with van der Waals surface area (Å²) in [5.41, 5.74) is -0.488. The Morgan fingerprint density at radius 2 is 1.94 bits per heavy atom. The molecule has 1 aliphatic rings. The Labute approximate surface area is 104 Å². The van der Waals surface area contributed by atoms with Crippen LogP contribution in [0.1, 0.15) is 19.3 Å². The van der Waals surface area contributed by atoms with Crippen molar-refractivity contribution in [2.75, 3.05) is 5.75 Å². The van der Waals surface area contributed by atoms with Crippen molar-refractivity contribution in [3.63, 3.8) is 0 Å². The van der Waals surface area contributed by atoms with Crippen molar-refractivity contribution in [3.8, 4) is 6.07 Å². The first-order valence-electron chi connectivity index (χ1n) is 5.43. The second-order valence-corrected chi connectivity index (χ2v) is 6.66. The lowest BCUT2D eigenvalue weighted by molar-refractivity contribution is 0.503. The van der Waals surface area contributed by atoms with Gasteiger partial charge in [0.1, 0.15) is 0 Å². The molecule has 1 saturated carbocycles. The Morgan fingerprint density at radius 3 is 2.44 bits per heavy atom. The molecule has 0 heterocycles. The fourth-order valence-electron chi connectivity index (χ4n) is 1.87. The van der Waals surface area contributed by atoms with Crippen molar-refractivity contribution in [1.29, 1.82) is 5.26 Å². The molecule has 1 fully saturated rings. The Morgan fingerprint density at radius 1 is 1.28 bits per heavy atom. The van der Waals surface area contributed by atoms with Gasteiger partial charge in [0, 0.05) is 6.42 Å². The third-order valence-corrected chi connectivity index (χ3v) is 5.12. The van der Waals surface area contributed by atoms with Crippen LogP contribution < -0.4 is 0 Å². The molecule has 0 aromatic heterocycles. The average Bonchev–Trinajstić information content (AvgIpc) is 3.01. The van der Waals surface area contributed by atoms with Gasteiger partial charge in [-0.15, -0.1) is 0 Å². The first kappa shape index (κ1) is 13.0. The normalized spacial score (nSPS) is 17.2. The lowest BCUT2D eigenvalue weighted by Crippen LogP contribution is -2.17. The number of nitrogens with zero attached hydrogens (tertiary/aromatic N) is 1. The molecule has 0 saturated heterocycles. The maximum Gasteiger partial charge on any atom is 0.179 e. The predicted molar refractivity (Wildman–Crippen MR) is 60.3 cm³/mol. The van der Waals surface area contributed by atoms with Gasteiger partial charge in [-0.2, -0.15) is 5.26 Å². The van der Waals surface area contributed by atoms with E-state index in [0.717, 1.165) is 12.1 Å². The summed E-state index contributed by atoms with van der Waals surface area (Å²) in [5.74, 6) is -2.44. The van der Waals surface area contributed by atoms with Gasteiger partial charge in [0.15, 0.2) is 21.5 Å². The average molecular weight is 271 g/mol. The highest BCUT2D eigenvalue weighted by Gasteiger charge is 2.46. The van der Waals surface area contributed by atoms with Crippen molar-refractivity contribution < 1.29 is 17.2 Å². The first-order valence-corrected chi connectivity index (χ1v) is 7.09. The van der Waals surface area contributed by atoms with E-state index < -0.39 is 26.9 Å². The molecule has 18 heavy (non-hydrogen) atoms. The zero-order valence-electron chi connectivity index (χ0n) is 9.49. The molecule has 1 aliphatic carbocycles. The number of nitriles is 1. The minimum atomic E-state index is -3.67. The Hall–Kier alpha value is -1.48. The number of hydrogen-bond donors (Lipinski definition) is 0. The highest BCUT2D eigenvalue weighted by Crippen LogP contribution is 2.50. The van der Waals surface area contributed by atoms with Crippen LogP contribution in [-0.2, 0) is 9.84 Å². The summed E-state index contributed by atoms with van der Waals surface area (Å²) in [7, 11) is -3.67. The van der Waals surface area contributed by atoms with Crippen LogP contribution in [0.4, 0.5) is 8.78 Å². The molecule has 2 rings (SSSR count). The van der Waals surface area contributed by atoms with Crippen LogP contribution in [0.5, 0.6) is 0 Å². The summed E-state index contributed by atoms with van der Waals surface area (Å²) in [6, 6.07) is 4.50. The first-order chi connectivity index (χ1) is 8.38. The van der Waals surface area contributed by atoms with E-state index in [4.69, 9.17) is 5.26 Å². The fourth-order valence-corrected chi connectivity index (χ4v) is 3.80. The van der Waals surface area contributed by atoms with E-state index in [0.29, 0.717) is 18.9 Å². The fraction of sp³-hybridized carbons (Fsp3) is 0.417. The SMILES string of the molecule is N#CCC1(CS(=O)(=O)c2ccc(F)c(F)c2)CC1. The number of halogens is 2. The second kappa shape index (κ2) is 4.32. The summed E-state index contributed by atoms with van der Waals surface area (Å²) in [6.07, 6.45) is 1.54. The van der Waals surface area contributed by atoms with Crippen molar-refractivity contribution in [2.45, 2.75) is 24.2 Å². The van der Waals surface area contributed by atoms with Gasteiger partial charge in [0.25, 0.3) is 0 Å². The van der Waals surface area contributed by atoms with Gasteiger partial charge in [-0.3, -0.25) is 0 Å². The third-order valence-electron chi connectivity index (χ3n) is 3.16. The molecule has 3 nitrogen and oxygen atoms in total. The molecule has 6 heteroatoms. The van der Waals surface area contributed by atoms with Crippen LogP contribution >= 0.6 is 0 Å². The largest absolute Gasteiger partial charge is 0.224 e. The minimum absolute atomic E-state index is 0.176. The van der Waals surface area contributed by atoms with Gasteiger partial charge < -0.3 is 0 Å². The third kappa shape index (κ3) is 2.51. The second-order valence-electron chi connectivity index (χ2n) is 4.67. The summed E-state index contributed by atoms with van der Waals surface area (Å²) >= 11 is 0. The lowest BCUT2D eigenvalue weighted by Gasteiger charge is -2.11. The highest BCUT2D eigenvalue weighted by atomic mass is 32.2. The van der Waals surface area contributed by atoms with Gasteiger partial charge in [0.2, 0.25) is 0 Å². The number of sulfone groups is 1. The number of benzene rings is 1. The molecule has 0 radical (unpaired) electrons. The molecule has 0 atom stereocenters. The molecule has 0 amide bonds. The summed E-state index contributed by atoms with van der Waals surface area (Å²) < 4.78 is 49.8. The van der Waals surface area contributed by atoms with Gasteiger partial charge in [-0.05, 0) is 36.5 Å². The maximum atomic E-state index is 13.0. The van der Waals surface area contributed by atoms with Crippen LogP contribution in [0.2, 0.25) is 0 Å². The monoisotopic (exact) mass is 271 g/mol. The molecule has 1 aromatic rings. The Kier molecular flexibility index (Phi) is 3.11. The molecule has 0 spiro atoms. The molecule has 0 bridgehead atoms. The Balaban J connectivity index is 2.26. The van der Waals surface area contributed by atoms with Crippen LogP contribution in [0.3, 0.4) is 0 Å². The van der Waals surface area contributed by atoms with Crippen LogP contribution in [-0.4, -0.2) is 14.2 Å². The predicted octanol–water partition coefficient (Wildman–Crippen LogP) is 2.43. The van der Waals surface area contributed by atoms with Gasteiger partial charge in [0.05, 0.1) is 16.7 Å². The van der Waals surface area contributed by atoms with Gasteiger partial charge in [-0.25, -0.2) is 17.2 Å². The van der Waals surface area contributed by atoms with Gasteiger partial charge in [-0.1, -0.05) is 0 Å². The van der Waals surface area contributed by atoms with Crippen molar-refractivity contribution in [2.24, 2.45) is 5.41 Å². The molecule has 1 aromatic carbocycles. The standard InChI is InChI=1S/C12H11F2NO2S/c13-10-2-1-9(7-11(10)14)18(16,17)8-12(3-4-12)5-6-15/h1-2,7H,3-5,8H2. The lowest BCUT2D eigenvalue weighted by atomic mass is 10.1. The van der Waals surface area contributed by atoms with Gasteiger partial charge >= 0.3 is 0 Å². The van der Waals surface area contributed by atoms with E-state index in [1.54, 1.807) is 0 Å². The van der Waals surface area contributed by atoms with Crippen molar-refractivity contribution in [3.05, 3.63) is 29.8 Å². The summed E-state index contributed by atoms with van der Waals surface area (Å²) in [6.45, 7) is 0. The maximum absolute atomic E-state index is 13.0. The highest BCUT2D eigenvalue weighted by molar-refractivity contribution is 7.91. The molecule has 0 unspecified atom stereocenters. The molecular formula is C12H11F2NO2S. The van der Waals surface area contributed by atoms with Crippen LogP contribution in [0, 0.1) is 28.4 Å². The van der Waals surface area contributed by atoms with Crippen molar-refractivity contribution in [1.82, 2.24) is 0 Å². The summed E-state index contributed by atoms with van der Waals surface area (Å²) in [4.78, 5) is -0.231. The van der Waals surface area contributed by atoms with Crippen LogP contribution in [0.15, 0.2) is 23.1 Å². The zero-order chi connectivity index (χ0) is 13.4. The van der Waals surface area contributed by atoms with E-state index in [1.807, 2.05) is 6.07 Å². The number of hydrogen-bond acceptors (Lipinski definition) is 3. The summed E-state index contributed by atoms with van der Waals surface area (Å²) in [5, 5.41) is 8.64. The molecule has 0 aliphatic heterocycles. The molecular weight excluding hydrogens is 260 g/mol. The zero-order valence-corrected chi connectivity index (χ0v) is 10.3. The minimum Gasteiger partial charge on any atom is -0.224 e. The van der Waals surface area contributed by atoms with Crippen molar-refractivity contribution >= 4 is 9.84 Å². The van der Waals surface area contributed by atoms with E-state index in [-0.39, 0.29) is 17.1 Å². The van der Waals surface area contributed by atoms with E-state index >= 15 is 0 Å². The van der Waals surface area contributed by atoms with E-state index in [9.17, 15) is 17.2 Å². The van der Waals surface area contributed by atoms with Crippen LogP contribution in [0.25, 0.3) is 0 Å². The van der Waals surface area contributed by atoms with E-state index in [2.05, 4.69) is 0 Å². The smallest absolute Gasteiger partial charge is 0.179 e.